The van der Waals surface area contributed by atoms with Gasteiger partial charge in [0.05, 0.1) is 0 Å². The van der Waals surface area contributed by atoms with E-state index in [2.05, 4.69) is 38.0 Å². The highest BCUT2D eigenvalue weighted by Gasteiger charge is 2.33. The molecule has 1 atom stereocenters. The summed E-state index contributed by atoms with van der Waals surface area (Å²) in [7, 11) is 0. The average Bonchev–Trinajstić information content (AvgIpc) is 2.38. The van der Waals surface area contributed by atoms with E-state index in [0.717, 1.165) is 13.1 Å². The molecule has 0 saturated heterocycles. The van der Waals surface area contributed by atoms with Gasteiger partial charge < -0.3 is 0 Å². The second-order valence-corrected chi connectivity index (χ2v) is 5.34. The first-order valence-corrected chi connectivity index (χ1v) is 6.91. The number of halogens is 1. The van der Waals surface area contributed by atoms with Crippen LogP contribution in [0.3, 0.4) is 0 Å². The summed E-state index contributed by atoms with van der Waals surface area (Å²) in [6.07, 6.45) is 0.576. The fourth-order valence-electron chi connectivity index (χ4n) is 2.66. The van der Waals surface area contributed by atoms with Crippen LogP contribution in [0.15, 0.2) is 24.3 Å². The number of hydrazine groups is 1. The van der Waals surface area contributed by atoms with Gasteiger partial charge >= 0.3 is 0 Å². The molecule has 3 nitrogen and oxygen atoms in total. The van der Waals surface area contributed by atoms with Crippen molar-refractivity contribution in [3.05, 3.63) is 35.6 Å². The van der Waals surface area contributed by atoms with Gasteiger partial charge in [-0.25, -0.2) is 4.39 Å². The molecule has 0 aliphatic carbocycles. The molecule has 0 bridgehead atoms. The van der Waals surface area contributed by atoms with Gasteiger partial charge in [0.2, 0.25) is 0 Å². The molecule has 4 heteroatoms. The molecule has 1 unspecified atom stereocenters. The van der Waals surface area contributed by atoms with E-state index in [9.17, 15) is 4.39 Å². The van der Waals surface area contributed by atoms with E-state index in [1.165, 1.54) is 6.07 Å². The van der Waals surface area contributed by atoms with Crippen LogP contribution in [-0.4, -0.2) is 29.6 Å². The Morgan fingerprint density at radius 3 is 2.32 bits per heavy atom. The standard InChI is InChI=1S/C15H26FN3/c1-5-19(6-2)15(3,4)14(18-17)11-12-9-7-8-10-13(12)16/h7-10,14,18H,5-6,11,17H2,1-4H3. The Bertz CT molecular complexity index is 389. The largest absolute Gasteiger partial charge is 0.297 e. The van der Waals surface area contributed by atoms with Gasteiger partial charge in [-0.2, -0.15) is 0 Å². The van der Waals surface area contributed by atoms with Crippen molar-refractivity contribution < 1.29 is 4.39 Å². The Balaban J connectivity index is 2.92. The average molecular weight is 267 g/mol. The molecule has 0 heterocycles. The molecular formula is C15H26FN3. The smallest absolute Gasteiger partial charge is 0.126 e. The van der Waals surface area contributed by atoms with Gasteiger partial charge in [-0.3, -0.25) is 16.2 Å². The normalized spacial score (nSPS) is 13.8. The van der Waals surface area contributed by atoms with Crippen LogP contribution < -0.4 is 11.3 Å². The number of likely N-dealkylation sites (N-methyl/N-ethyl adjacent to an activating group) is 1. The van der Waals surface area contributed by atoms with Crippen LogP contribution in [0.4, 0.5) is 4.39 Å². The van der Waals surface area contributed by atoms with Crippen molar-refractivity contribution in [3.63, 3.8) is 0 Å². The maximum atomic E-state index is 13.8. The van der Waals surface area contributed by atoms with Gasteiger partial charge in [0.25, 0.3) is 0 Å². The van der Waals surface area contributed by atoms with E-state index >= 15 is 0 Å². The van der Waals surface area contributed by atoms with Gasteiger partial charge in [-0.15, -0.1) is 0 Å². The molecule has 0 spiro atoms. The monoisotopic (exact) mass is 267 g/mol. The van der Waals surface area contributed by atoms with Crippen LogP contribution in [0.1, 0.15) is 33.3 Å². The summed E-state index contributed by atoms with van der Waals surface area (Å²) in [5, 5.41) is 0. The minimum Gasteiger partial charge on any atom is -0.297 e. The molecule has 1 aromatic carbocycles. The maximum Gasteiger partial charge on any atom is 0.126 e. The van der Waals surface area contributed by atoms with Crippen LogP contribution in [0.2, 0.25) is 0 Å². The first kappa shape index (κ1) is 16.1. The predicted octanol–water partition coefficient (Wildman–Crippen LogP) is 2.32. The zero-order valence-electron chi connectivity index (χ0n) is 12.4. The first-order valence-electron chi connectivity index (χ1n) is 6.91. The van der Waals surface area contributed by atoms with Gasteiger partial charge in [0.15, 0.2) is 0 Å². The number of hydrogen-bond donors (Lipinski definition) is 2. The summed E-state index contributed by atoms with van der Waals surface area (Å²) in [6, 6.07) is 6.87. The Morgan fingerprint density at radius 2 is 1.84 bits per heavy atom. The molecule has 3 N–H and O–H groups in total. The van der Waals surface area contributed by atoms with Gasteiger partial charge in [0, 0.05) is 11.6 Å². The van der Waals surface area contributed by atoms with Crippen LogP contribution in [0.25, 0.3) is 0 Å². The second kappa shape index (κ2) is 6.98. The third-order valence-corrected chi connectivity index (χ3v) is 4.01. The molecule has 0 amide bonds. The zero-order chi connectivity index (χ0) is 14.5. The molecule has 0 fully saturated rings. The van der Waals surface area contributed by atoms with Gasteiger partial charge in [-0.1, -0.05) is 32.0 Å². The van der Waals surface area contributed by atoms with Crippen molar-refractivity contribution in [3.8, 4) is 0 Å². The number of benzene rings is 1. The lowest BCUT2D eigenvalue weighted by Gasteiger charge is -2.43. The fourth-order valence-corrected chi connectivity index (χ4v) is 2.66. The summed E-state index contributed by atoms with van der Waals surface area (Å²) in [5.74, 6) is 5.54. The quantitative estimate of drug-likeness (QED) is 0.588. The van der Waals surface area contributed by atoms with Crippen LogP contribution in [0, 0.1) is 5.82 Å². The number of hydrogen-bond acceptors (Lipinski definition) is 3. The lowest BCUT2D eigenvalue weighted by molar-refractivity contribution is 0.0909. The third-order valence-electron chi connectivity index (χ3n) is 4.01. The first-order chi connectivity index (χ1) is 8.97. The summed E-state index contributed by atoms with van der Waals surface area (Å²) in [5.41, 5.74) is 3.42. The summed E-state index contributed by atoms with van der Waals surface area (Å²) < 4.78 is 13.8. The molecule has 1 aromatic rings. The Labute approximate surface area is 116 Å². The van der Waals surface area contributed by atoms with Crippen molar-refractivity contribution >= 4 is 0 Å². The maximum absolute atomic E-state index is 13.8. The van der Waals surface area contributed by atoms with Crippen molar-refractivity contribution in [2.24, 2.45) is 5.84 Å². The Morgan fingerprint density at radius 1 is 1.26 bits per heavy atom. The SMILES string of the molecule is CCN(CC)C(C)(C)C(Cc1ccccc1F)NN. The zero-order valence-corrected chi connectivity index (χ0v) is 12.4. The minimum atomic E-state index is -0.168. The lowest BCUT2D eigenvalue weighted by Crippen LogP contribution is -2.60. The van der Waals surface area contributed by atoms with E-state index in [4.69, 9.17) is 5.84 Å². The van der Waals surface area contributed by atoms with Crippen LogP contribution in [0.5, 0.6) is 0 Å². The van der Waals surface area contributed by atoms with E-state index in [0.29, 0.717) is 12.0 Å². The molecule has 1 rings (SSSR count). The van der Waals surface area contributed by atoms with E-state index in [1.54, 1.807) is 6.07 Å². The van der Waals surface area contributed by atoms with Crippen molar-refractivity contribution in [2.45, 2.75) is 45.7 Å². The van der Waals surface area contributed by atoms with Gasteiger partial charge in [0.1, 0.15) is 5.82 Å². The molecular weight excluding hydrogens is 241 g/mol. The van der Waals surface area contributed by atoms with Crippen molar-refractivity contribution in [1.82, 2.24) is 10.3 Å². The van der Waals surface area contributed by atoms with Crippen molar-refractivity contribution in [2.75, 3.05) is 13.1 Å². The molecule has 0 aliphatic heterocycles. The number of rotatable bonds is 7. The second-order valence-electron chi connectivity index (χ2n) is 5.34. The highest BCUT2D eigenvalue weighted by molar-refractivity contribution is 5.19. The predicted molar refractivity (Wildman–Crippen MR) is 78.2 cm³/mol. The lowest BCUT2D eigenvalue weighted by atomic mass is 9.87. The highest BCUT2D eigenvalue weighted by atomic mass is 19.1. The summed E-state index contributed by atoms with van der Waals surface area (Å²) in [4.78, 5) is 2.33. The molecule has 108 valence electrons. The molecule has 0 aromatic heterocycles. The van der Waals surface area contributed by atoms with Crippen LogP contribution >= 0.6 is 0 Å². The third kappa shape index (κ3) is 3.75. The Hall–Kier alpha value is -0.970. The highest BCUT2D eigenvalue weighted by Crippen LogP contribution is 2.22. The summed E-state index contributed by atoms with van der Waals surface area (Å²) >= 11 is 0. The molecule has 19 heavy (non-hydrogen) atoms. The number of nitrogens with two attached hydrogens (primary N) is 1. The molecule has 0 saturated carbocycles. The van der Waals surface area contributed by atoms with Gasteiger partial charge in [-0.05, 0) is 45.0 Å². The minimum absolute atomic E-state index is 0.00991. The van der Waals surface area contributed by atoms with E-state index < -0.39 is 0 Å². The van der Waals surface area contributed by atoms with E-state index in [-0.39, 0.29) is 17.4 Å². The molecule has 0 radical (unpaired) electrons. The summed E-state index contributed by atoms with van der Waals surface area (Å²) in [6.45, 7) is 10.4. The topological polar surface area (TPSA) is 41.3 Å². The fraction of sp³-hybridized carbons (Fsp3) is 0.600. The number of nitrogens with one attached hydrogen (secondary N) is 1. The van der Waals surface area contributed by atoms with E-state index in [1.807, 2.05) is 12.1 Å². The van der Waals surface area contributed by atoms with Crippen molar-refractivity contribution in [1.29, 1.82) is 0 Å². The Kier molecular flexibility index (Phi) is 5.91. The molecule has 0 aliphatic rings. The number of nitrogens with zero attached hydrogens (tertiary/aromatic N) is 1. The van der Waals surface area contributed by atoms with Crippen LogP contribution in [-0.2, 0) is 6.42 Å².